The Balaban J connectivity index is 1.88. The van der Waals surface area contributed by atoms with Crippen LogP contribution in [0.15, 0.2) is 0 Å². The van der Waals surface area contributed by atoms with Gasteiger partial charge in [0.05, 0.1) is 12.9 Å². The van der Waals surface area contributed by atoms with Gasteiger partial charge in [-0.2, -0.15) is 0 Å². The van der Waals surface area contributed by atoms with Gasteiger partial charge in [-0.15, -0.1) is 11.8 Å². The maximum Gasteiger partial charge on any atom is 0.315 e. The van der Waals surface area contributed by atoms with E-state index in [9.17, 15) is 4.79 Å². The van der Waals surface area contributed by atoms with Crippen LogP contribution in [-0.4, -0.2) is 42.7 Å². The van der Waals surface area contributed by atoms with Gasteiger partial charge in [0.2, 0.25) is 0 Å². The smallest absolute Gasteiger partial charge is 0.315 e. The fourth-order valence-corrected chi connectivity index (χ4v) is 1.41. The van der Waals surface area contributed by atoms with Crippen molar-refractivity contribution < 1.29 is 9.53 Å². The number of carbonyl (C=O) groups excluding carboxylic acids is 1. The Kier molecular flexibility index (Phi) is 3.02. The van der Waals surface area contributed by atoms with E-state index < -0.39 is 0 Å². The van der Waals surface area contributed by atoms with Gasteiger partial charge in [-0.25, -0.2) is 0 Å². The van der Waals surface area contributed by atoms with Crippen LogP contribution in [0, 0.1) is 0 Å². The molecule has 1 aliphatic rings. The fourth-order valence-electron chi connectivity index (χ4n) is 0.517. The first-order valence-electron chi connectivity index (χ1n) is 3.20. The van der Waals surface area contributed by atoms with Gasteiger partial charge in [0, 0.05) is 19.0 Å². The van der Waals surface area contributed by atoms with Crippen molar-refractivity contribution in [3.05, 3.63) is 0 Å². The first kappa shape index (κ1) is 7.88. The lowest BCUT2D eigenvalue weighted by molar-refractivity contribution is -0.137. The summed E-state index contributed by atoms with van der Waals surface area (Å²) in [7, 11) is 1.42. The Bertz CT molecular complexity index is 125. The first-order valence-corrected chi connectivity index (χ1v) is 4.35. The Hall–Kier alpha value is -0.220. The van der Waals surface area contributed by atoms with Crippen LogP contribution in [0.4, 0.5) is 0 Å². The van der Waals surface area contributed by atoms with E-state index in [1.807, 2.05) is 0 Å². The summed E-state index contributed by atoms with van der Waals surface area (Å²) in [4.78, 5) is 12.8. The zero-order valence-corrected chi connectivity index (χ0v) is 6.82. The minimum Gasteiger partial charge on any atom is -0.468 e. The molecule has 10 heavy (non-hydrogen) atoms. The topological polar surface area (TPSA) is 29.3 Å². The zero-order valence-electron chi connectivity index (χ0n) is 6.00. The number of thioether (sulfide) groups is 1. The number of methoxy groups -OCH3 is 1. The Morgan fingerprint density at radius 3 is 2.90 bits per heavy atom. The maximum atomic E-state index is 10.6. The van der Waals surface area contributed by atoms with Crippen LogP contribution in [0.3, 0.4) is 0 Å². The quantitative estimate of drug-likeness (QED) is 0.434. The van der Waals surface area contributed by atoms with Crippen LogP contribution < -0.4 is 0 Å². The highest BCUT2D eigenvalue weighted by Gasteiger charge is 2.16. The van der Waals surface area contributed by atoms with Crippen molar-refractivity contribution in [2.45, 2.75) is 0 Å². The second kappa shape index (κ2) is 3.83. The lowest BCUT2D eigenvalue weighted by atomic mass is 10.8. The molecule has 0 radical (unpaired) electrons. The molecule has 1 aliphatic heterocycles. The van der Waals surface area contributed by atoms with Crippen molar-refractivity contribution in [3.63, 3.8) is 0 Å². The highest BCUT2D eigenvalue weighted by Crippen LogP contribution is 2.10. The van der Waals surface area contributed by atoms with E-state index in [4.69, 9.17) is 0 Å². The molecule has 4 heteroatoms. The van der Waals surface area contributed by atoms with E-state index in [-0.39, 0.29) is 5.97 Å². The summed E-state index contributed by atoms with van der Waals surface area (Å²) in [5.74, 6) is 1.31. The third-order valence-corrected chi connectivity index (χ3v) is 2.25. The minimum absolute atomic E-state index is 0.133. The first-order chi connectivity index (χ1) is 4.83. The third kappa shape index (κ3) is 3.08. The molecule has 0 amide bonds. The van der Waals surface area contributed by atoms with Gasteiger partial charge in [-0.05, 0) is 0 Å². The van der Waals surface area contributed by atoms with Crippen molar-refractivity contribution >= 4 is 17.7 Å². The van der Waals surface area contributed by atoms with Gasteiger partial charge in [0.15, 0.2) is 0 Å². The standard InChI is InChI=1S/C6H11NO2S/c1-9-6(8)4-10-5-7-2-3-7/h2-5H2,1H3. The summed E-state index contributed by atoms with van der Waals surface area (Å²) in [5, 5.41) is 0. The Labute approximate surface area is 64.7 Å². The molecular weight excluding hydrogens is 150 g/mol. The van der Waals surface area contributed by atoms with Crippen molar-refractivity contribution in [1.82, 2.24) is 4.90 Å². The number of hydrogen-bond acceptors (Lipinski definition) is 4. The monoisotopic (exact) mass is 161 g/mol. The van der Waals surface area contributed by atoms with Gasteiger partial charge in [-0.3, -0.25) is 9.69 Å². The fraction of sp³-hybridized carbons (Fsp3) is 0.833. The molecule has 1 fully saturated rings. The van der Waals surface area contributed by atoms with Gasteiger partial charge in [0.25, 0.3) is 0 Å². The SMILES string of the molecule is COC(=O)CSCN1CC1. The van der Waals surface area contributed by atoms with Crippen LogP contribution >= 0.6 is 11.8 Å². The molecule has 0 bridgehead atoms. The lowest BCUT2D eigenvalue weighted by Gasteiger charge is -1.98. The average Bonchev–Trinajstić information content (AvgIpc) is 2.71. The molecule has 0 N–H and O–H groups in total. The van der Waals surface area contributed by atoms with E-state index in [0.29, 0.717) is 5.75 Å². The largest absolute Gasteiger partial charge is 0.468 e. The maximum absolute atomic E-state index is 10.6. The van der Waals surface area contributed by atoms with E-state index in [1.165, 1.54) is 20.2 Å². The zero-order chi connectivity index (χ0) is 7.40. The molecule has 0 spiro atoms. The van der Waals surface area contributed by atoms with Crippen molar-refractivity contribution in [2.24, 2.45) is 0 Å². The molecule has 0 atom stereocenters. The second-order valence-corrected chi connectivity index (χ2v) is 3.13. The number of hydrogen-bond donors (Lipinski definition) is 0. The van der Waals surface area contributed by atoms with Crippen LogP contribution in [0.1, 0.15) is 0 Å². The van der Waals surface area contributed by atoms with E-state index in [0.717, 1.165) is 5.88 Å². The molecule has 0 aromatic rings. The van der Waals surface area contributed by atoms with E-state index >= 15 is 0 Å². The van der Waals surface area contributed by atoms with Gasteiger partial charge in [0.1, 0.15) is 0 Å². The predicted octanol–water partition coefficient (Wildman–Crippen LogP) is 0.166. The predicted molar refractivity (Wildman–Crippen MR) is 40.9 cm³/mol. The highest BCUT2D eigenvalue weighted by atomic mass is 32.2. The third-order valence-electron chi connectivity index (χ3n) is 1.26. The molecule has 0 saturated carbocycles. The van der Waals surface area contributed by atoms with Crippen molar-refractivity contribution in [1.29, 1.82) is 0 Å². The molecule has 1 rings (SSSR count). The van der Waals surface area contributed by atoms with E-state index in [1.54, 1.807) is 11.8 Å². The van der Waals surface area contributed by atoms with Crippen LogP contribution in [0.2, 0.25) is 0 Å². The van der Waals surface area contributed by atoms with E-state index in [2.05, 4.69) is 9.64 Å². The van der Waals surface area contributed by atoms with Crippen LogP contribution in [0.25, 0.3) is 0 Å². The molecular formula is C6H11NO2S. The van der Waals surface area contributed by atoms with Gasteiger partial charge >= 0.3 is 5.97 Å². The molecule has 0 aliphatic carbocycles. The Morgan fingerprint density at radius 2 is 2.40 bits per heavy atom. The van der Waals surface area contributed by atoms with Crippen LogP contribution in [0.5, 0.6) is 0 Å². The van der Waals surface area contributed by atoms with Crippen molar-refractivity contribution in [3.8, 4) is 0 Å². The van der Waals surface area contributed by atoms with Gasteiger partial charge < -0.3 is 4.74 Å². The summed E-state index contributed by atoms with van der Waals surface area (Å²) in [5.41, 5.74) is 0. The molecule has 58 valence electrons. The summed E-state index contributed by atoms with van der Waals surface area (Å²) < 4.78 is 4.47. The number of nitrogens with zero attached hydrogens (tertiary/aromatic N) is 1. The Morgan fingerprint density at radius 1 is 1.70 bits per heavy atom. The number of rotatable bonds is 4. The molecule has 1 saturated heterocycles. The normalized spacial score (nSPS) is 16.9. The second-order valence-electron chi connectivity index (χ2n) is 2.17. The highest BCUT2D eigenvalue weighted by molar-refractivity contribution is 7.99. The summed E-state index contributed by atoms with van der Waals surface area (Å²) in [6.07, 6.45) is 0. The molecule has 0 unspecified atom stereocenters. The van der Waals surface area contributed by atoms with Gasteiger partial charge in [-0.1, -0.05) is 0 Å². The summed E-state index contributed by atoms with van der Waals surface area (Å²) >= 11 is 1.61. The molecule has 3 nitrogen and oxygen atoms in total. The minimum atomic E-state index is -0.133. The average molecular weight is 161 g/mol. The van der Waals surface area contributed by atoms with Crippen molar-refractivity contribution in [2.75, 3.05) is 31.8 Å². The molecule has 0 aromatic carbocycles. The summed E-state index contributed by atoms with van der Waals surface area (Å²) in [6, 6.07) is 0. The lowest BCUT2D eigenvalue weighted by Crippen LogP contribution is -2.05. The number of esters is 1. The summed E-state index contributed by atoms with van der Waals surface area (Å²) in [6.45, 7) is 2.38. The van der Waals surface area contributed by atoms with Crippen LogP contribution in [-0.2, 0) is 9.53 Å². The molecule has 0 aromatic heterocycles. The number of ether oxygens (including phenoxy) is 1. The molecule has 1 heterocycles. The number of carbonyl (C=O) groups is 1.